The van der Waals surface area contributed by atoms with Gasteiger partial charge in [0.05, 0.1) is 28.3 Å². The Labute approximate surface area is 196 Å². The quantitative estimate of drug-likeness (QED) is 0.561. The Hall–Kier alpha value is -1.26. The summed E-state index contributed by atoms with van der Waals surface area (Å²) in [4.78, 5) is 18.4. The van der Waals surface area contributed by atoms with Crippen molar-refractivity contribution in [2.45, 2.75) is 11.3 Å². The van der Waals surface area contributed by atoms with Crippen LogP contribution in [0.2, 0.25) is 10.0 Å². The number of nitrogens with zero attached hydrogens (tertiary/aromatic N) is 2. The number of anilines is 1. The van der Waals surface area contributed by atoms with Gasteiger partial charge in [0.15, 0.2) is 21.6 Å². The van der Waals surface area contributed by atoms with Gasteiger partial charge in [0.2, 0.25) is 0 Å². The normalized spacial score (nSPS) is 23.6. The molecule has 2 fully saturated rings. The van der Waals surface area contributed by atoms with Crippen LogP contribution >= 0.6 is 50.9 Å². The van der Waals surface area contributed by atoms with Crippen LogP contribution in [0, 0.1) is 0 Å². The van der Waals surface area contributed by atoms with Crippen molar-refractivity contribution >= 4 is 77.5 Å². The van der Waals surface area contributed by atoms with E-state index in [9.17, 15) is 13.2 Å². The Balaban J connectivity index is 1.58. The Morgan fingerprint density at radius 3 is 2.63 bits per heavy atom. The number of hydrogen-bond donors (Lipinski definition) is 0. The number of fused-ring (bicyclic) bond motifs is 1. The smallest absolute Gasteiger partial charge is 0.285 e. The molecule has 2 heterocycles. The van der Waals surface area contributed by atoms with E-state index in [2.05, 4.69) is 20.9 Å². The maximum Gasteiger partial charge on any atom is 0.285 e. The SMILES string of the molecule is O=C(COc1ccc(Cl)cc1)N=C1S[C@@H]2CS(=O)(=O)C[C@H]2N1c1ccc(Br)cc1Cl. The molecule has 0 spiro atoms. The Bertz CT molecular complexity index is 1130. The van der Waals surface area contributed by atoms with Crippen LogP contribution < -0.4 is 9.64 Å². The summed E-state index contributed by atoms with van der Waals surface area (Å²) in [5.41, 5.74) is 0.613. The molecule has 2 aliphatic rings. The largest absolute Gasteiger partial charge is 0.484 e. The summed E-state index contributed by atoms with van der Waals surface area (Å²) in [6.07, 6.45) is 0. The van der Waals surface area contributed by atoms with E-state index in [1.54, 1.807) is 41.3 Å². The number of amides is 1. The van der Waals surface area contributed by atoms with Crippen molar-refractivity contribution in [3.8, 4) is 5.75 Å². The molecule has 6 nitrogen and oxygen atoms in total. The molecule has 0 N–H and O–H groups in total. The summed E-state index contributed by atoms with van der Waals surface area (Å²) in [5, 5.41) is 1.22. The lowest BCUT2D eigenvalue weighted by atomic mass is 10.2. The summed E-state index contributed by atoms with van der Waals surface area (Å²) in [6.45, 7) is -0.249. The molecule has 0 aromatic heterocycles. The highest BCUT2D eigenvalue weighted by molar-refractivity contribution is 9.10. The van der Waals surface area contributed by atoms with E-state index in [4.69, 9.17) is 27.9 Å². The van der Waals surface area contributed by atoms with Crippen LogP contribution in [0.15, 0.2) is 51.9 Å². The number of rotatable bonds is 4. The molecular weight excluding hydrogens is 535 g/mol. The minimum absolute atomic E-state index is 0.00839. The molecule has 1 amide bonds. The average molecular weight is 550 g/mol. The molecule has 158 valence electrons. The van der Waals surface area contributed by atoms with Gasteiger partial charge in [-0.3, -0.25) is 4.79 Å². The predicted molar refractivity (Wildman–Crippen MR) is 125 cm³/mol. The number of amidine groups is 1. The lowest BCUT2D eigenvalue weighted by Gasteiger charge is -2.25. The molecule has 2 aliphatic heterocycles. The number of sulfone groups is 1. The molecule has 2 atom stereocenters. The lowest BCUT2D eigenvalue weighted by molar-refractivity contribution is -0.119. The van der Waals surface area contributed by atoms with E-state index < -0.39 is 15.7 Å². The third kappa shape index (κ3) is 4.80. The van der Waals surface area contributed by atoms with E-state index in [1.165, 1.54) is 11.8 Å². The van der Waals surface area contributed by atoms with Crippen molar-refractivity contribution in [2.24, 2.45) is 4.99 Å². The maximum atomic E-state index is 12.5. The molecule has 0 saturated carbocycles. The van der Waals surface area contributed by atoms with Crippen molar-refractivity contribution in [3.63, 3.8) is 0 Å². The first-order valence-corrected chi connectivity index (χ1v) is 13.1. The first kappa shape index (κ1) is 22.0. The number of aliphatic imine (C=N–C) groups is 1. The van der Waals surface area contributed by atoms with E-state index in [-0.39, 0.29) is 29.4 Å². The van der Waals surface area contributed by atoms with Crippen molar-refractivity contribution in [1.29, 1.82) is 0 Å². The Kier molecular flexibility index (Phi) is 6.37. The van der Waals surface area contributed by atoms with E-state index in [0.29, 0.717) is 26.6 Å². The van der Waals surface area contributed by atoms with Crippen molar-refractivity contribution in [2.75, 3.05) is 23.0 Å². The molecule has 0 aliphatic carbocycles. The summed E-state index contributed by atoms with van der Waals surface area (Å²) in [7, 11) is -3.16. The van der Waals surface area contributed by atoms with Gasteiger partial charge in [-0.2, -0.15) is 4.99 Å². The third-order valence-corrected chi connectivity index (χ3v) is 8.89. The highest BCUT2D eigenvalue weighted by Crippen LogP contribution is 2.43. The number of ether oxygens (including phenoxy) is 1. The minimum atomic E-state index is -3.16. The maximum absolute atomic E-state index is 12.5. The van der Waals surface area contributed by atoms with Gasteiger partial charge in [-0.15, -0.1) is 0 Å². The Morgan fingerprint density at radius 2 is 1.93 bits per heavy atom. The zero-order chi connectivity index (χ0) is 21.5. The molecule has 2 aromatic carbocycles. The fourth-order valence-electron chi connectivity index (χ4n) is 3.34. The number of carbonyl (C=O) groups excluding carboxylic acids is 1. The van der Waals surface area contributed by atoms with Crippen molar-refractivity contribution < 1.29 is 17.9 Å². The fourth-order valence-corrected chi connectivity index (χ4v) is 8.15. The molecule has 0 radical (unpaired) electrons. The number of carbonyl (C=O) groups is 1. The summed E-state index contributed by atoms with van der Waals surface area (Å²) in [5.74, 6) is 0.0591. The van der Waals surface area contributed by atoms with Gasteiger partial charge in [0.25, 0.3) is 5.91 Å². The van der Waals surface area contributed by atoms with Crippen molar-refractivity contribution in [1.82, 2.24) is 0 Å². The second-order valence-corrected chi connectivity index (χ2v) is 11.9. The summed E-state index contributed by atoms with van der Waals surface area (Å²) >= 11 is 16.9. The topological polar surface area (TPSA) is 76.0 Å². The first-order valence-electron chi connectivity index (χ1n) is 8.83. The second-order valence-electron chi connectivity index (χ2n) is 6.80. The number of hydrogen-bond acceptors (Lipinski definition) is 5. The predicted octanol–water partition coefficient (Wildman–Crippen LogP) is 4.44. The van der Waals surface area contributed by atoms with Gasteiger partial charge >= 0.3 is 0 Å². The fraction of sp³-hybridized carbons (Fsp3) is 0.263. The lowest BCUT2D eigenvalue weighted by Crippen LogP contribution is -2.38. The monoisotopic (exact) mass is 548 g/mol. The molecule has 0 unspecified atom stereocenters. The number of thioether (sulfide) groups is 1. The van der Waals surface area contributed by atoms with Crippen LogP contribution in [0.3, 0.4) is 0 Å². The standard InChI is InChI=1S/C19H15BrCl2N2O4S2/c20-11-1-6-15(14(22)7-11)24-16-9-30(26,27)10-17(16)29-19(24)23-18(25)8-28-13-4-2-12(21)3-5-13/h1-7,16-17H,8-10H2/t16-,17-/m1/s1. The van der Waals surface area contributed by atoms with Gasteiger partial charge in [-0.25, -0.2) is 8.42 Å². The zero-order valence-electron chi connectivity index (χ0n) is 15.3. The van der Waals surface area contributed by atoms with Crippen molar-refractivity contribution in [3.05, 3.63) is 57.0 Å². The van der Waals surface area contributed by atoms with Crippen LogP contribution in [0.25, 0.3) is 0 Å². The van der Waals surface area contributed by atoms with E-state index in [0.717, 1.165) is 4.47 Å². The van der Waals surface area contributed by atoms with Crippen LogP contribution in [0.5, 0.6) is 5.75 Å². The summed E-state index contributed by atoms with van der Waals surface area (Å²) < 4.78 is 30.6. The molecule has 4 rings (SSSR count). The van der Waals surface area contributed by atoms with E-state index in [1.807, 2.05) is 6.07 Å². The summed E-state index contributed by atoms with van der Waals surface area (Å²) in [6, 6.07) is 11.6. The van der Waals surface area contributed by atoms with Crippen LogP contribution in [-0.4, -0.2) is 48.9 Å². The number of benzene rings is 2. The van der Waals surface area contributed by atoms with Crippen LogP contribution in [0.4, 0.5) is 5.69 Å². The molecular formula is C19H15BrCl2N2O4S2. The highest BCUT2D eigenvalue weighted by Gasteiger charge is 2.49. The van der Waals surface area contributed by atoms with Gasteiger partial charge in [0.1, 0.15) is 5.75 Å². The first-order chi connectivity index (χ1) is 14.2. The molecule has 2 saturated heterocycles. The van der Waals surface area contributed by atoms with Gasteiger partial charge < -0.3 is 9.64 Å². The van der Waals surface area contributed by atoms with E-state index >= 15 is 0 Å². The van der Waals surface area contributed by atoms with Crippen LogP contribution in [0.1, 0.15) is 0 Å². The Morgan fingerprint density at radius 1 is 1.20 bits per heavy atom. The zero-order valence-corrected chi connectivity index (χ0v) is 20.0. The number of halogens is 3. The van der Waals surface area contributed by atoms with Crippen LogP contribution in [-0.2, 0) is 14.6 Å². The molecule has 30 heavy (non-hydrogen) atoms. The molecule has 0 bridgehead atoms. The third-order valence-electron chi connectivity index (χ3n) is 4.63. The minimum Gasteiger partial charge on any atom is -0.484 e. The highest BCUT2D eigenvalue weighted by atomic mass is 79.9. The molecule has 2 aromatic rings. The van der Waals surface area contributed by atoms with Gasteiger partial charge in [-0.1, -0.05) is 50.9 Å². The van der Waals surface area contributed by atoms with Gasteiger partial charge in [0, 0.05) is 14.7 Å². The molecule has 11 heteroatoms. The average Bonchev–Trinajstić information content (AvgIpc) is 3.13. The second kappa shape index (κ2) is 8.70. The van der Waals surface area contributed by atoms with Gasteiger partial charge in [-0.05, 0) is 42.5 Å².